The third kappa shape index (κ3) is 4.76. The standard InChI is InChI=1S/C45H33NO2/c1-5-13-30(6-2)38-28-32(35-17-12-21-43-45(35)37-15-8-10-19-41(37)48-43)24-27-39(38)46(29(3)4)33-25-22-31(23-26-33)34-16-11-20-42-44(34)36-14-7-9-18-40(36)47-42/h5-28H,1-3H2,4H3/b30-13+. The molecule has 3 heteroatoms. The lowest BCUT2D eigenvalue weighted by atomic mass is 9.93. The Morgan fingerprint density at radius 2 is 1.15 bits per heavy atom. The summed E-state index contributed by atoms with van der Waals surface area (Å²) in [7, 11) is 0. The topological polar surface area (TPSA) is 29.5 Å². The van der Waals surface area contributed by atoms with Gasteiger partial charge in [-0.15, -0.1) is 0 Å². The molecule has 8 rings (SSSR count). The van der Waals surface area contributed by atoms with Crippen LogP contribution in [0.1, 0.15) is 12.5 Å². The van der Waals surface area contributed by atoms with Gasteiger partial charge in [0.05, 0.1) is 5.69 Å². The van der Waals surface area contributed by atoms with Gasteiger partial charge in [0.25, 0.3) is 0 Å². The molecule has 8 aromatic rings. The van der Waals surface area contributed by atoms with Crippen molar-refractivity contribution in [3.63, 3.8) is 0 Å². The number of furan rings is 2. The van der Waals surface area contributed by atoms with Gasteiger partial charge >= 0.3 is 0 Å². The van der Waals surface area contributed by atoms with Crippen molar-refractivity contribution in [2.45, 2.75) is 6.92 Å². The number of hydrogen-bond donors (Lipinski definition) is 0. The van der Waals surface area contributed by atoms with E-state index in [1.165, 1.54) is 0 Å². The summed E-state index contributed by atoms with van der Waals surface area (Å²) in [5.74, 6) is 0. The summed E-state index contributed by atoms with van der Waals surface area (Å²) in [6, 6.07) is 44.1. The second-order valence-electron chi connectivity index (χ2n) is 12.0. The lowest BCUT2D eigenvalue weighted by Gasteiger charge is -2.28. The first-order valence-corrected chi connectivity index (χ1v) is 16.0. The third-order valence-electron chi connectivity index (χ3n) is 9.00. The number of rotatable bonds is 8. The summed E-state index contributed by atoms with van der Waals surface area (Å²) < 4.78 is 12.4. The molecule has 48 heavy (non-hydrogen) atoms. The molecule has 3 nitrogen and oxygen atoms in total. The average molecular weight is 620 g/mol. The molecule has 0 radical (unpaired) electrons. The molecule has 2 aromatic heterocycles. The second kappa shape index (κ2) is 11.8. The third-order valence-corrected chi connectivity index (χ3v) is 9.00. The highest BCUT2D eigenvalue weighted by atomic mass is 16.3. The molecule has 0 aliphatic rings. The number of allylic oxidation sites excluding steroid dienone is 5. The van der Waals surface area contributed by atoms with Gasteiger partial charge in [-0.1, -0.05) is 117 Å². The Hall–Kier alpha value is -6.32. The van der Waals surface area contributed by atoms with Crippen molar-refractivity contribution in [2.75, 3.05) is 4.90 Å². The molecule has 0 saturated heterocycles. The Labute approximate surface area is 279 Å². The van der Waals surface area contributed by atoms with Gasteiger partial charge in [0, 0.05) is 38.5 Å². The van der Waals surface area contributed by atoms with E-state index in [-0.39, 0.29) is 0 Å². The second-order valence-corrected chi connectivity index (χ2v) is 12.0. The maximum Gasteiger partial charge on any atom is 0.136 e. The minimum atomic E-state index is 0.868. The molecule has 0 bridgehead atoms. The van der Waals surface area contributed by atoms with E-state index in [1.54, 1.807) is 6.08 Å². The van der Waals surface area contributed by atoms with Gasteiger partial charge in [0.1, 0.15) is 22.3 Å². The van der Waals surface area contributed by atoms with E-state index in [0.29, 0.717) is 0 Å². The van der Waals surface area contributed by atoms with E-state index >= 15 is 0 Å². The molecular weight excluding hydrogens is 587 g/mol. The summed E-state index contributed by atoms with van der Waals surface area (Å²) >= 11 is 0. The first-order valence-electron chi connectivity index (χ1n) is 16.0. The summed E-state index contributed by atoms with van der Waals surface area (Å²) in [5, 5.41) is 4.45. The normalized spacial score (nSPS) is 11.8. The minimum absolute atomic E-state index is 0.868. The largest absolute Gasteiger partial charge is 0.456 e. The zero-order valence-electron chi connectivity index (χ0n) is 26.7. The predicted octanol–water partition coefficient (Wildman–Crippen LogP) is 13.2. The predicted molar refractivity (Wildman–Crippen MR) is 204 cm³/mol. The van der Waals surface area contributed by atoms with Gasteiger partial charge in [-0.05, 0) is 83.3 Å². The molecule has 0 unspecified atom stereocenters. The molecule has 0 N–H and O–H groups in total. The van der Waals surface area contributed by atoms with Crippen LogP contribution in [0.2, 0.25) is 0 Å². The van der Waals surface area contributed by atoms with Crippen LogP contribution >= 0.6 is 0 Å². The van der Waals surface area contributed by atoms with E-state index in [1.807, 2.05) is 55.5 Å². The fourth-order valence-electron chi connectivity index (χ4n) is 6.91. The van der Waals surface area contributed by atoms with Crippen molar-refractivity contribution in [3.05, 3.63) is 177 Å². The number of fused-ring (bicyclic) bond motifs is 6. The smallest absolute Gasteiger partial charge is 0.136 e. The highest BCUT2D eigenvalue weighted by molar-refractivity contribution is 6.13. The van der Waals surface area contributed by atoms with Crippen LogP contribution in [0.4, 0.5) is 11.4 Å². The van der Waals surface area contributed by atoms with Crippen LogP contribution in [0.25, 0.3) is 71.7 Å². The van der Waals surface area contributed by atoms with Gasteiger partial charge in [-0.2, -0.15) is 0 Å². The van der Waals surface area contributed by atoms with Crippen molar-refractivity contribution >= 4 is 60.8 Å². The van der Waals surface area contributed by atoms with Crippen molar-refractivity contribution in [1.29, 1.82) is 0 Å². The van der Waals surface area contributed by atoms with Crippen LogP contribution in [0.15, 0.2) is 180 Å². The van der Waals surface area contributed by atoms with E-state index in [4.69, 9.17) is 8.83 Å². The maximum absolute atomic E-state index is 6.22. The molecule has 2 heterocycles. The first-order chi connectivity index (χ1) is 23.6. The van der Waals surface area contributed by atoms with Gasteiger partial charge < -0.3 is 13.7 Å². The van der Waals surface area contributed by atoms with Crippen molar-refractivity contribution < 1.29 is 8.83 Å². The molecule has 0 aliphatic carbocycles. The van der Waals surface area contributed by atoms with Gasteiger partial charge in [0.2, 0.25) is 0 Å². The van der Waals surface area contributed by atoms with Crippen molar-refractivity contribution in [1.82, 2.24) is 0 Å². The van der Waals surface area contributed by atoms with Crippen LogP contribution in [-0.2, 0) is 0 Å². The number of nitrogens with zero attached hydrogens (tertiary/aromatic N) is 1. The summed E-state index contributed by atoms with van der Waals surface area (Å²) in [4.78, 5) is 2.20. The molecule has 0 aliphatic heterocycles. The van der Waals surface area contributed by atoms with Gasteiger partial charge in [0.15, 0.2) is 0 Å². The molecule has 230 valence electrons. The number of benzene rings is 6. The highest BCUT2D eigenvalue weighted by Crippen LogP contribution is 2.43. The van der Waals surface area contributed by atoms with E-state index in [2.05, 4.69) is 116 Å². The van der Waals surface area contributed by atoms with Crippen LogP contribution in [-0.4, -0.2) is 0 Å². The van der Waals surface area contributed by atoms with Crippen LogP contribution in [0.5, 0.6) is 0 Å². The molecule has 6 aromatic carbocycles. The molecule has 0 spiro atoms. The van der Waals surface area contributed by atoms with E-state index in [9.17, 15) is 0 Å². The van der Waals surface area contributed by atoms with Crippen LogP contribution in [0, 0.1) is 0 Å². The van der Waals surface area contributed by atoms with Crippen LogP contribution in [0.3, 0.4) is 0 Å². The zero-order chi connectivity index (χ0) is 32.8. The SMILES string of the molecule is C=C/C=C(\C=C)c1cc(-c2cccc3oc4ccccc4c23)ccc1N(C(=C)C)c1ccc(-c2cccc3oc4ccccc4c23)cc1. The summed E-state index contributed by atoms with van der Waals surface area (Å²) in [5.41, 5.74) is 12.9. The number of anilines is 2. The Bertz CT molecular complexity index is 2570. The van der Waals surface area contributed by atoms with Crippen LogP contribution < -0.4 is 4.90 Å². The van der Waals surface area contributed by atoms with Gasteiger partial charge in [-0.3, -0.25) is 0 Å². The lowest BCUT2D eigenvalue weighted by Crippen LogP contribution is -2.15. The molecule has 0 fully saturated rings. The van der Waals surface area contributed by atoms with Crippen molar-refractivity contribution in [3.8, 4) is 22.3 Å². The van der Waals surface area contributed by atoms with Crippen molar-refractivity contribution in [2.24, 2.45) is 0 Å². The fraction of sp³-hybridized carbons (Fsp3) is 0.0222. The summed E-state index contributed by atoms with van der Waals surface area (Å²) in [6.45, 7) is 14.6. The fourth-order valence-corrected chi connectivity index (χ4v) is 6.91. The Morgan fingerprint density at radius 3 is 1.71 bits per heavy atom. The molecule has 0 saturated carbocycles. The number of para-hydroxylation sites is 2. The molecule has 0 atom stereocenters. The Balaban J connectivity index is 1.26. The molecular formula is C45H33NO2. The molecule has 0 amide bonds. The average Bonchev–Trinajstić information content (AvgIpc) is 3.70. The summed E-state index contributed by atoms with van der Waals surface area (Å²) in [6.07, 6.45) is 5.69. The Kier molecular flexibility index (Phi) is 7.15. The first kappa shape index (κ1) is 29.1. The maximum atomic E-state index is 6.22. The zero-order valence-corrected chi connectivity index (χ0v) is 26.7. The monoisotopic (exact) mass is 619 g/mol. The minimum Gasteiger partial charge on any atom is -0.456 e. The highest BCUT2D eigenvalue weighted by Gasteiger charge is 2.20. The van der Waals surface area contributed by atoms with Gasteiger partial charge in [-0.25, -0.2) is 0 Å². The van der Waals surface area contributed by atoms with E-state index < -0.39 is 0 Å². The van der Waals surface area contributed by atoms with E-state index in [0.717, 1.165) is 94.3 Å². The Morgan fingerprint density at radius 1 is 0.604 bits per heavy atom. The lowest BCUT2D eigenvalue weighted by molar-refractivity contribution is 0.668. The number of hydrogen-bond acceptors (Lipinski definition) is 3. The quantitative estimate of drug-likeness (QED) is 0.159.